The summed E-state index contributed by atoms with van der Waals surface area (Å²) in [6, 6.07) is 0. The molecule has 0 spiro atoms. The molecule has 2 radical (unpaired) electrons. The van der Waals surface area contributed by atoms with Gasteiger partial charge in [-0.3, -0.25) is 0 Å². The molecule has 2 heteroatoms. The second-order valence-electron chi connectivity index (χ2n) is 8.12. The highest BCUT2D eigenvalue weighted by molar-refractivity contribution is 6.31. The molecule has 144 valence electrons. The van der Waals surface area contributed by atoms with Crippen LogP contribution in [0.3, 0.4) is 0 Å². The van der Waals surface area contributed by atoms with Crippen molar-refractivity contribution in [1.29, 1.82) is 0 Å². The van der Waals surface area contributed by atoms with Crippen molar-refractivity contribution in [2.24, 2.45) is 0 Å². The van der Waals surface area contributed by atoms with E-state index in [1.807, 2.05) is 0 Å². The van der Waals surface area contributed by atoms with Crippen LogP contribution in [0, 0.1) is 0 Å². The smallest absolute Gasteiger partial charge is 0.235 e. The van der Waals surface area contributed by atoms with E-state index in [0.717, 1.165) is 6.61 Å². The molecule has 0 aliphatic rings. The van der Waals surface area contributed by atoms with Crippen molar-refractivity contribution in [2.45, 2.75) is 135 Å². The van der Waals surface area contributed by atoms with E-state index in [1.54, 1.807) is 0 Å². The summed E-state index contributed by atoms with van der Waals surface area (Å²) in [5.41, 5.74) is 0. The van der Waals surface area contributed by atoms with Crippen molar-refractivity contribution in [3.05, 3.63) is 0 Å². The highest BCUT2D eigenvalue weighted by Gasteiger charge is 2.19. The van der Waals surface area contributed by atoms with Crippen LogP contribution >= 0.6 is 0 Å². The second kappa shape index (κ2) is 18.0. The van der Waals surface area contributed by atoms with Crippen LogP contribution in [0.15, 0.2) is 0 Å². The Balaban J connectivity index is 3.15. The summed E-state index contributed by atoms with van der Waals surface area (Å²) >= 11 is 0. The molecule has 0 fully saturated rings. The van der Waals surface area contributed by atoms with Crippen molar-refractivity contribution >= 4 is 9.76 Å². The first kappa shape index (κ1) is 24.2. The van der Waals surface area contributed by atoms with Gasteiger partial charge < -0.3 is 4.43 Å². The second-order valence-corrected chi connectivity index (χ2v) is 9.97. The molecule has 0 aromatic heterocycles. The van der Waals surface area contributed by atoms with Gasteiger partial charge >= 0.3 is 0 Å². The van der Waals surface area contributed by atoms with Gasteiger partial charge in [0.25, 0.3) is 0 Å². The number of rotatable bonds is 19. The van der Waals surface area contributed by atoms with Crippen LogP contribution in [0.5, 0.6) is 0 Å². The summed E-state index contributed by atoms with van der Waals surface area (Å²) in [6.07, 6.45) is 23.0. The predicted octanol–water partition coefficient (Wildman–Crippen LogP) is 8.10. The van der Waals surface area contributed by atoms with Crippen molar-refractivity contribution in [3.63, 3.8) is 0 Å². The Morgan fingerprint density at radius 2 is 0.958 bits per heavy atom. The zero-order valence-corrected chi connectivity index (χ0v) is 18.4. The molecule has 0 saturated carbocycles. The Morgan fingerprint density at radius 3 is 1.33 bits per heavy atom. The largest absolute Gasteiger partial charge is 0.417 e. The quantitative estimate of drug-likeness (QED) is 0.168. The Morgan fingerprint density at radius 1 is 0.583 bits per heavy atom. The average Bonchev–Trinajstić information content (AvgIpc) is 2.56. The predicted molar refractivity (Wildman–Crippen MR) is 111 cm³/mol. The fraction of sp³-hybridized carbons (Fsp3) is 1.00. The summed E-state index contributed by atoms with van der Waals surface area (Å²) in [4.78, 5) is 0. The standard InChI is InChI=1S/C22H46OSi/c1-5-7-8-9-10-11-12-13-14-15-16-17-18-19-20-21-22(3,4)24-23-6-2/h5-21H2,1-4H3. The van der Waals surface area contributed by atoms with Crippen molar-refractivity contribution in [3.8, 4) is 0 Å². The third kappa shape index (κ3) is 18.5. The van der Waals surface area contributed by atoms with Crippen molar-refractivity contribution in [2.75, 3.05) is 6.61 Å². The molecule has 0 amide bonds. The minimum absolute atomic E-state index is 0.395. The molecule has 0 aromatic rings. The van der Waals surface area contributed by atoms with Gasteiger partial charge in [-0.25, -0.2) is 0 Å². The van der Waals surface area contributed by atoms with Gasteiger partial charge in [0.15, 0.2) is 0 Å². The normalized spacial score (nSPS) is 12.0. The van der Waals surface area contributed by atoms with Gasteiger partial charge in [-0.05, 0) is 18.4 Å². The first-order valence-corrected chi connectivity index (χ1v) is 11.9. The Bertz CT molecular complexity index is 240. The number of hydrogen-bond acceptors (Lipinski definition) is 1. The van der Waals surface area contributed by atoms with Crippen LogP contribution in [0.25, 0.3) is 0 Å². The summed E-state index contributed by atoms with van der Waals surface area (Å²) in [7, 11) is 0.670. The van der Waals surface area contributed by atoms with Gasteiger partial charge in [0.1, 0.15) is 0 Å². The van der Waals surface area contributed by atoms with Gasteiger partial charge in [-0.2, -0.15) is 0 Å². The highest BCUT2D eigenvalue weighted by Crippen LogP contribution is 2.30. The molecular formula is C22H46OSi. The summed E-state index contributed by atoms with van der Waals surface area (Å²) in [6.45, 7) is 9.96. The summed E-state index contributed by atoms with van der Waals surface area (Å²) in [5, 5.41) is 0.395. The SMILES string of the molecule is CCCCCCCCCCCCCCCCCC(C)(C)[Si]OCC. The lowest BCUT2D eigenvalue weighted by molar-refractivity contribution is 0.333. The number of hydrogen-bond donors (Lipinski definition) is 0. The Kier molecular flexibility index (Phi) is 18.1. The highest BCUT2D eigenvalue weighted by atomic mass is 28.2. The first-order valence-electron chi connectivity index (χ1n) is 11.0. The maximum absolute atomic E-state index is 5.60. The van der Waals surface area contributed by atoms with E-state index in [4.69, 9.17) is 4.43 Å². The molecule has 0 rings (SSSR count). The minimum atomic E-state index is 0.395. The molecular weight excluding hydrogens is 308 g/mol. The maximum Gasteiger partial charge on any atom is 0.235 e. The molecule has 0 aliphatic heterocycles. The summed E-state index contributed by atoms with van der Waals surface area (Å²) in [5.74, 6) is 0. The van der Waals surface area contributed by atoms with E-state index in [2.05, 4.69) is 27.7 Å². The molecule has 0 saturated heterocycles. The molecule has 0 N–H and O–H groups in total. The molecule has 0 heterocycles. The first-order chi connectivity index (χ1) is 11.6. The molecule has 0 bridgehead atoms. The van der Waals surface area contributed by atoms with Gasteiger partial charge in [-0.1, -0.05) is 117 Å². The number of unbranched alkanes of at least 4 members (excludes halogenated alkanes) is 14. The molecule has 0 atom stereocenters. The van der Waals surface area contributed by atoms with E-state index in [1.165, 1.54) is 103 Å². The van der Waals surface area contributed by atoms with Crippen LogP contribution in [0.4, 0.5) is 0 Å². The lowest BCUT2D eigenvalue weighted by Gasteiger charge is -2.22. The van der Waals surface area contributed by atoms with Crippen LogP contribution < -0.4 is 0 Å². The van der Waals surface area contributed by atoms with E-state index in [0.29, 0.717) is 14.8 Å². The molecule has 0 aliphatic carbocycles. The maximum atomic E-state index is 5.60. The lowest BCUT2D eigenvalue weighted by Crippen LogP contribution is -2.16. The molecule has 0 unspecified atom stereocenters. The van der Waals surface area contributed by atoms with E-state index in [9.17, 15) is 0 Å². The summed E-state index contributed by atoms with van der Waals surface area (Å²) < 4.78 is 5.60. The van der Waals surface area contributed by atoms with Crippen LogP contribution in [-0.4, -0.2) is 16.4 Å². The van der Waals surface area contributed by atoms with Gasteiger partial charge in [0, 0.05) is 6.61 Å². The average molecular weight is 355 g/mol. The van der Waals surface area contributed by atoms with Gasteiger partial charge in [0.2, 0.25) is 9.76 Å². The zero-order valence-electron chi connectivity index (χ0n) is 17.4. The van der Waals surface area contributed by atoms with Crippen LogP contribution in [0.1, 0.15) is 130 Å². The van der Waals surface area contributed by atoms with E-state index >= 15 is 0 Å². The lowest BCUT2D eigenvalue weighted by atomic mass is 10.0. The van der Waals surface area contributed by atoms with Crippen molar-refractivity contribution in [1.82, 2.24) is 0 Å². The Labute approximate surface area is 156 Å². The minimum Gasteiger partial charge on any atom is -0.417 e. The fourth-order valence-corrected chi connectivity index (χ4v) is 4.07. The molecule has 1 nitrogen and oxygen atoms in total. The van der Waals surface area contributed by atoms with Crippen LogP contribution in [-0.2, 0) is 4.43 Å². The van der Waals surface area contributed by atoms with Gasteiger partial charge in [-0.15, -0.1) is 0 Å². The topological polar surface area (TPSA) is 9.23 Å². The third-order valence-corrected chi connectivity index (χ3v) is 6.13. The zero-order chi connectivity index (χ0) is 17.9. The van der Waals surface area contributed by atoms with Gasteiger partial charge in [0.05, 0.1) is 0 Å². The van der Waals surface area contributed by atoms with E-state index in [-0.39, 0.29) is 0 Å². The Hall–Kier alpha value is 0.177. The van der Waals surface area contributed by atoms with Crippen LogP contribution in [0.2, 0.25) is 5.04 Å². The molecule has 24 heavy (non-hydrogen) atoms. The fourth-order valence-electron chi connectivity index (χ4n) is 3.26. The molecule has 0 aromatic carbocycles. The van der Waals surface area contributed by atoms with Crippen molar-refractivity contribution < 1.29 is 4.43 Å². The third-order valence-electron chi connectivity index (χ3n) is 4.90. The monoisotopic (exact) mass is 354 g/mol. The van der Waals surface area contributed by atoms with E-state index < -0.39 is 0 Å².